The van der Waals surface area contributed by atoms with Crippen molar-refractivity contribution < 1.29 is 43.2 Å². The molecule has 2 atom stereocenters. The summed E-state index contributed by atoms with van der Waals surface area (Å²) < 4.78 is 31.7. The van der Waals surface area contributed by atoms with E-state index in [0.717, 1.165) is 55.3 Å². The zero-order chi connectivity index (χ0) is 45.0. The van der Waals surface area contributed by atoms with Crippen LogP contribution >= 0.6 is 0 Å². The first-order valence-corrected chi connectivity index (χ1v) is 22.0. The fourth-order valence-corrected chi connectivity index (χ4v) is 12.1. The molecule has 0 radical (unpaired) electrons. The van der Waals surface area contributed by atoms with Gasteiger partial charge in [-0.15, -0.1) is 0 Å². The van der Waals surface area contributed by atoms with Gasteiger partial charge >= 0.3 is 18.0 Å². The lowest BCUT2D eigenvalue weighted by Crippen LogP contribution is -2.64. The summed E-state index contributed by atoms with van der Waals surface area (Å²) in [6.07, 6.45) is 8.19. The lowest BCUT2D eigenvalue weighted by molar-refractivity contribution is -0.248. The second-order valence-electron chi connectivity index (χ2n) is 21.3. The summed E-state index contributed by atoms with van der Waals surface area (Å²) in [7, 11) is 3.22. The summed E-state index contributed by atoms with van der Waals surface area (Å²) in [5, 5.41) is 15.0. The van der Waals surface area contributed by atoms with E-state index in [-0.39, 0.29) is 39.2 Å². The Kier molecular flexibility index (Phi) is 12.0. The van der Waals surface area contributed by atoms with E-state index < -0.39 is 23.1 Å². The monoisotopic (exact) mass is 857 g/mol. The Balaban J connectivity index is 1.15. The number of esters is 1. The highest BCUT2D eigenvalue weighted by Crippen LogP contribution is 2.72. The molecule has 3 heterocycles. The zero-order valence-electron chi connectivity index (χ0n) is 38.7. The number of ether oxygens (including phenoxy) is 5. The van der Waals surface area contributed by atoms with E-state index in [1.165, 1.54) is 0 Å². The number of carboxylic acid groups (broad SMARTS) is 1. The SMILES string of the molecule is COCCN(CCOC12CC3(C)CC(C)(CC(Cn4ncc(-c5ccc(N6CCc7c(OC)ccc(C(=O)O)c7C6)nc5C(=O)OC(C)(C)C)c4C)(C3)C1)C2)C(=O)OC(C)(C)C. The third-order valence-electron chi connectivity index (χ3n) is 13.1. The maximum absolute atomic E-state index is 14.0. The number of rotatable bonds is 14. The molecule has 14 heteroatoms. The predicted octanol–water partition coefficient (Wildman–Crippen LogP) is 8.50. The van der Waals surface area contributed by atoms with Crippen LogP contribution < -0.4 is 9.64 Å². The highest BCUT2D eigenvalue weighted by atomic mass is 16.6. The smallest absolute Gasteiger partial charge is 0.410 e. The Bertz CT molecular complexity index is 2180. The number of pyridine rings is 1. The lowest BCUT2D eigenvalue weighted by Gasteiger charge is -2.69. The maximum atomic E-state index is 14.0. The Hall–Kier alpha value is -4.69. The molecular weight excluding hydrogens is 791 g/mol. The van der Waals surface area contributed by atoms with Crippen LogP contribution in [0.15, 0.2) is 30.5 Å². The van der Waals surface area contributed by atoms with Crippen LogP contribution in [0.5, 0.6) is 5.75 Å². The van der Waals surface area contributed by atoms with Gasteiger partial charge in [0.1, 0.15) is 22.8 Å². The van der Waals surface area contributed by atoms with Crippen molar-refractivity contribution in [1.82, 2.24) is 19.7 Å². The van der Waals surface area contributed by atoms with Crippen molar-refractivity contribution in [2.75, 3.05) is 52.0 Å². The average molecular weight is 858 g/mol. The summed E-state index contributed by atoms with van der Waals surface area (Å²) >= 11 is 0. The minimum absolute atomic E-state index is 0.0641. The van der Waals surface area contributed by atoms with Crippen molar-refractivity contribution in [2.45, 2.75) is 137 Å². The molecule has 0 spiro atoms. The van der Waals surface area contributed by atoms with Crippen LogP contribution in [0.25, 0.3) is 11.1 Å². The summed E-state index contributed by atoms with van der Waals surface area (Å²) in [4.78, 5) is 48.1. The maximum Gasteiger partial charge on any atom is 0.410 e. The van der Waals surface area contributed by atoms with E-state index in [0.29, 0.717) is 75.1 Å². The molecule has 3 aromatic rings. The molecule has 338 valence electrons. The minimum Gasteiger partial charge on any atom is -0.496 e. The molecular formula is C48H67N5O9. The summed E-state index contributed by atoms with van der Waals surface area (Å²) in [5.74, 6) is -0.330. The molecule has 14 nitrogen and oxygen atoms in total. The van der Waals surface area contributed by atoms with Gasteiger partial charge in [-0.05, 0) is 139 Å². The molecule has 62 heavy (non-hydrogen) atoms. The fraction of sp³-hybridized carbons (Fsp3) is 0.646. The molecule has 1 N–H and O–H groups in total. The zero-order valence-corrected chi connectivity index (χ0v) is 38.7. The average Bonchev–Trinajstić information content (AvgIpc) is 3.50. The molecule has 1 aromatic carbocycles. The molecule has 0 saturated heterocycles. The van der Waals surface area contributed by atoms with Gasteiger partial charge in [0.15, 0.2) is 5.69 Å². The molecule has 2 unspecified atom stereocenters. The van der Waals surface area contributed by atoms with Gasteiger partial charge in [-0.1, -0.05) is 13.8 Å². The second kappa shape index (κ2) is 16.5. The van der Waals surface area contributed by atoms with E-state index in [1.54, 1.807) is 31.3 Å². The number of carboxylic acids is 1. The molecule has 4 saturated carbocycles. The number of hydrogen-bond acceptors (Lipinski definition) is 11. The van der Waals surface area contributed by atoms with Crippen LogP contribution in [-0.4, -0.2) is 107 Å². The quantitative estimate of drug-likeness (QED) is 0.155. The Labute approximate surface area is 366 Å². The molecule has 1 aliphatic heterocycles. The fourth-order valence-electron chi connectivity index (χ4n) is 12.1. The van der Waals surface area contributed by atoms with Crippen molar-refractivity contribution in [1.29, 1.82) is 0 Å². The van der Waals surface area contributed by atoms with Crippen LogP contribution in [0.3, 0.4) is 0 Å². The van der Waals surface area contributed by atoms with Crippen LogP contribution in [0.1, 0.15) is 132 Å². The number of fused-ring (bicyclic) bond motifs is 1. The van der Waals surface area contributed by atoms with Crippen LogP contribution in [0.4, 0.5) is 10.6 Å². The van der Waals surface area contributed by atoms with Gasteiger partial charge in [-0.2, -0.15) is 5.10 Å². The first kappa shape index (κ1) is 45.3. The number of carbonyl (C=O) groups excluding carboxylic acids is 2. The standard InChI is InChI=1S/C48H67N5O9/c1-31-35(33-13-15-38(50-39(33)41(56)61-43(2,3)4)52-17-16-32-36(23-52)34(40(54)55)12-14-37(32)59-11)22-49-53(31)30-47-25-45(8)24-46(9,26-47)28-48(27-45,29-47)60-21-19-51(18-20-58-10)42(57)62-44(5,6)7/h12-15,22H,16-21,23-30H2,1-11H3,(H,54,55). The normalized spacial score (nSPS) is 25.4. The van der Waals surface area contributed by atoms with Crippen molar-refractivity contribution in [3.63, 3.8) is 0 Å². The van der Waals surface area contributed by atoms with Gasteiger partial charge in [0.2, 0.25) is 0 Å². The van der Waals surface area contributed by atoms with Gasteiger partial charge in [0.25, 0.3) is 0 Å². The minimum atomic E-state index is -1.00. The van der Waals surface area contributed by atoms with Crippen LogP contribution in [0.2, 0.25) is 0 Å². The summed E-state index contributed by atoms with van der Waals surface area (Å²) in [6, 6.07) is 7.10. The number of nitrogens with zero attached hydrogens (tertiary/aromatic N) is 5. The lowest BCUT2D eigenvalue weighted by atomic mass is 9.39. The predicted molar refractivity (Wildman–Crippen MR) is 235 cm³/mol. The summed E-state index contributed by atoms with van der Waals surface area (Å²) in [6.45, 7) is 21.2. The van der Waals surface area contributed by atoms with Crippen molar-refractivity contribution >= 4 is 23.8 Å². The molecule has 1 amide bonds. The van der Waals surface area contributed by atoms with Crippen molar-refractivity contribution in [3.05, 3.63) is 58.5 Å². The number of methoxy groups -OCH3 is 2. The van der Waals surface area contributed by atoms with E-state index in [1.807, 2.05) is 64.8 Å². The highest BCUT2D eigenvalue weighted by Gasteiger charge is 2.66. The van der Waals surface area contributed by atoms with Crippen molar-refractivity contribution in [2.24, 2.45) is 16.2 Å². The van der Waals surface area contributed by atoms with E-state index in [2.05, 4.69) is 25.5 Å². The molecule has 8 rings (SSSR count). The number of aromatic nitrogens is 3. The molecule has 4 aliphatic carbocycles. The highest BCUT2D eigenvalue weighted by molar-refractivity contribution is 5.96. The largest absolute Gasteiger partial charge is 0.496 e. The van der Waals surface area contributed by atoms with E-state index in [4.69, 9.17) is 33.8 Å². The molecule has 2 aromatic heterocycles. The van der Waals surface area contributed by atoms with E-state index in [9.17, 15) is 19.5 Å². The Morgan fingerprint density at radius 3 is 2.15 bits per heavy atom. The number of amides is 1. The first-order valence-electron chi connectivity index (χ1n) is 22.0. The number of carbonyl (C=O) groups is 3. The topological polar surface area (TPSA) is 155 Å². The Morgan fingerprint density at radius 2 is 1.52 bits per heavy atom. The van der Waals surface area contributed by atoms with Gasteiger partial charge in [-0.25, -0.2) is 19.4 Å². The van der Waals surface area contributed by atoms with Crippen molar-refractivity contribution in [3.8, 4) is 16.9 Å². The van der Waals surface area contributed by atoms with Gasteiger partial charge < -0.3 is 38.6 Å². The van der Waals surface area contributed by atoms with E-state index >= 15 is 0 Å². The number of aromatic carboxylic acids is 1. The van der Waals surface area contributed by atoms with Crippen LogP contribution in [-0.2, 0) is 38.5 Å². The second-order valence-corrected chi connectivity index (χ2v) is 21.3. The number of benzene rings is 1. The first-order chi connectivity index (χ1) is 29.0. The third kappa shape index (κ3) is 9.46. The Morgan fingerprint density at radius 1 is 0.839 bits per heavy atom. The summed E-state index contributed by atoms with van der Waals surface area (Å²) in [5.41, 5.74) is 2.77. The van der Waals surface area contributed by atoms with Gasteiger partial charge in [0.05, 0.1) is 37.7 Å². The van der Waals surface area contributed by atoms with Gasteiger partial charge in [0, 0.05) is 62.2 Å². The van der Waals surface area contributed by atoms with Gasteiger partial charge in [-0.3, -0.25) is 4.68 Å². The molecule has 4 bridgehead atoms. The number of hydrogen-bond donors (Lipinski definition) is 1. The molecule has 4 fully saturated rings. The molecule has 5 aliphatic rings. The van der Waals surface area contributed by atoms with Crippen LogP contribution in [0, 0.1) is 23.2 Å². The third-order valence-corrected chi connectivity index (χ3v) is 13.1. The number of anilines is 1.